The van der Waals surface area contributed by atoms with Crippen molar-refractivity contribution >= 4 is 8.80 Å². The van der Waals surface area contributed by atoms with E-state index in [1.54, 1.807) is 7.11 Å². The van der Waals surface area contributed by atoms with Crippen molar-refractivity contribution in [3.63, 3.8) is 0 Å². The lowest BCUT2D eigenvalue weighted by Crippen LogP contribution is -2.21. The van der Waals surface area contributed by atoms with E-state index in [2.05, 4.69) is 27.7 Å². The zero-order chi connectivity index (χ0) is 9.56. The van der Waals surface area contributed by atoms with Crippen molar-refractivity contribution in [1.82, 2.24) is 0 Å². The van der Waals surface area contributed by atoms with Crippen LogP contribution in [0.1, 0.15) is 34.1 Å². The lowest BCUT2D eigenvalue weighted by atomic mass is 10.5. The van der Waals surface area contributed by atoms with Gasteiger partial charge in [0.15, 0.2) is 0 Å². The maximum absolute atomic E-state index is 5.07. The van der Waals surface area contributed by atoms with Crippen LogP contribution in [0.2, 0.25) is 17.1 Å². The highest BCUT2D eigenvalue weighted by Crippen LogP contribution is 2.24. The molecule has 0 aromatic carbocycles. The van der Waals surface area contributed by atoms with Gasteiger partial charge in [-0.05, 0) is 6.42 Å². The minimum absolute atomic E-state index is 0.492. The Morgan fingerprint density at radius 1 is 1.08 bits per heavy atom. The highest BCUT2D eigenvalue weighted by Gasteiger charge is 2.18. The van der Waals surface area contributed by atoms with E-state index in [0.29, 0.717) is 0 Å². The molecule has 0 saturated carbocycles. The van der Waals surface area contributed by atoms with Crippen molar-refractivity contribution in [2.75, 3.05) is 13.7 Å². The molecule has 0 amide bonds. The first-order chi connectivity index (χ1) is 5.59. The number of hydrogen-bond donors (Lipinski definition) is 0. The number of ether oxygens (including phenoxy) is 1. The van der Waals surface area contributed by atoms with Crippen LogP contribution in [0.4, 0.5) is 0 Å². The summed E-state index contributed by atoms with van der Waals surface area (Å²) in [6.07, 6.45) is 1.27. The molecule has 2 heteroatoms. The fourth-order valence-corrected chi connectivity index (χ4v) is 5.41. The molecule has 0 unspecified atom stereocenters. The average molecular weight is 188 g/mol. The molecule has 0 aromatic heterocycles. The second kappa shape index (κ2) is 6.67. The maximum atomic E-state index is 5.07. The Morgan fingerprint density at radius 3 is 1.92 bits per heavy atom. The topological polar surface area (TPSA) is 9.23 Å². The molecular weight excluding hydrogens is 164 g/mol. The van der Waals surface area contributed by atoms with Gasteiger partial charge in [-0.3, -0.25) is 0 Å². The molecule has 1 nitrogen and oxygen atoms in total. The van der Waals surface area contributed by atoms with E-state index in [1.165, 1.54) is 12.5 Å². The van der Waals surface area contributed by atoms with Crippen molar-refractivity contribution < 1.29 is 4.74 Å². The van der Waals surface area contributed by atoms with Crippen LogP contribution in [0.25, 0.3) is 0 Å². The Kier molecular flexibility index (Phi) is 6.77. The molecule has 0 bridgehead atoms. The number of methoxy groups -OCH3 is 1. The molecule has 0 N–H and O–H groups in total. The Hall–Kier alpha value is 0.177. The van der Waals surface area contributed by atoms with Gasteiger partial charge in [-0.25, -0.2) is 0 Å². The molecular formula is C10H24OSi. The van der Waals surface area contributed by atoms with Crippen molar-refractivity contribution in [2.24, 2.45) is 0 Å². The second-order valence-corrected chi connectivity index (χ2v) is 8.86. The van der Waals surface area contributed by atoms with Gasteiger partial charge >= 0.3 is 0 Å². The third-order valence-corrected chi connectivity index (χ3v) is 7.10. The fourth-order valence-electron chi connectivity index (χ4n) is 1.90. The molecule has 0 rings (SSSR count). The SMILES string of the molecule is COCCC[SiH](C(C)C)C(C)C. The molecule has 12 heavy (non-hydrogen) atoms. The first-order valence-corrected chi connectivity index (χ1v) is 7.23. The zero-order valence-electron chi connectivity index (χ0n) is 9.26. The van der Waals surface area contributed by atoms with Crippen molar-refractivity contribution in [3.05, 3.63) is 0 Å². The predicted octanol–water partition coefficient (Wildman–Crippen LogP) is 3.07. The van der Waals surface area contributed by atoms with Crippen LogP contribution >= 0.6 is 0 Å². The largest absolute Gasteiger partial charge is 0.385 e. The summed E-state index contributed by atoms with van der Waals surface area (Å²) in [7, 11) is 1.30. The quantitative estimate of drug-likeness (QED) is 0.460. The Labute approximate surface area is 79.1 Å². The molecule has 0 radical (unpaired) electrons. The molecule has 0 aliphatic carbocycles. The molecule has 0 fully saturated rings. The van der Waals surface area contributed by atoms with Crippen LogP contribution in [0.3, 0.4) is 0 Å². The highest BCUT2D eigenvalue weighted by atomic mass is 28.3. The lowest BCUT2D eigenvalue weighted by Gasteiger charge is -2.22. The molecule has 0 aliphatic heterocycles. The molecule has 0 aliphatic rings. The molecule has 74 valence electrons. The van der Waals surface area contributed by atoms with E-state index < -0.39 is 8.80 Å². The van der Waals surface area contributed by atoms with Crippen molar-refractivity contribution in [3.8, 4) is 0 Å². The third kappa shape index (κ3) is 4.94. The van der Waals surface area contributed by atoms with Crippen LogP contribution in [0.5, 0.6) is 0 Å². The van der Waals surface area contributed by atoms with Gasteiger partial charge in [0.2, 0.25) is 0 Å². The summed E-state index contributed by atoms with van der Waals surface area (Å²) in [5, 5.41) is 0. The summed E-state index contributed by atoms with van der Waals surface area (Å²) in [5.41, 5.74) is 1.89. The average Bonchev–Trinajstić information content (AvgIpc) is 1.96. The van der Waals surface area contributed by atoms with Crippen LogP contribution < -0.4 is 0 Å². The van der Waals surface area contributed by atoms with Crippen molar-refractivity contribution in [2.45, 2.75) is 51.2 Å². The Balaban J connectivity index is 3.64. The van der Waals surface area contributed by atoms with Crippen LogP contribution in [-0.2, 0) is 4.74 Å². The van der Waals surface area contributed by atoms with Crippen LogP contribution in [0, 0.1) is 0 Å². The van der Waals surface area contributed by atoms with Crippen LogP contribution in [0.15, 0.2) is 0 Å². The molecule has 0 spiro atoms. The van der Waals surface area contributed by atoms with E-state index >= 15 is 0 Å². The van der Waals surface area contributed by atoms with E-state index in [1.807, 2.05) is 0 Å². The molecule has 0 heterocycles. The van der Waals surface area contributed by atoms with Gasteiger partial charge in [-0.1, -0.05) is 44.8 Å². The lowest BCUT2D eigenvalue weighted by molar-refractivity contribution is 0.199. The highest BCUT2D eigenvalue weighted by molar-refractivity contribution is 6.61. The number of rotatable bonds is 6. The van der Waals surface area contributed by atoms with E-state index in [-0.39, 0.29) is 0 Å². The van der Waals surface area contributed by atoms with Gasteiger partial charge in [-0.15, -0.1) is 0 Å². The predicted molar refractivity (Wildman–Crippen MR) is 58.6 cm³/mol. The number of hydrogen-bond acceptors (Lipinski definition) is 1. The second-order valence-electron chi connectivity index (χ2n) is 4.29. The first kappa shape index (κ1) is 12.2. The minimum Gasteiger partial charge on any atom is -0.385 e. The van der Waals surface area contributed by atoms with Crippen molar-refractivity contribution in [1.29, 1.82) is 0 Å². The van der Waals surface area contributed by atoms with E-state index in [4.69, 9.17) is 4.74 Å². The Bertz CT molecular complexity index is 94.0. The van der Waals surface area contributed by atoms with Gasteiger partial charge in [0, 0.05) is 22.5 Å². The minimum atomic E-state index is -0.492. The van der Waals surface area contributed by atoms with Gasteiger partial charge in [-0.2, -0.15) is 0 Å². The van der Waals surface area contributed by atoms with Gasteiger partial charge < -0.3 is 4.74 Å². The fraction of sp³-hybridized carbons (Fsp3) is 1.00. The van der Waals surface area contributed by atoms with Gasteiger partial charge in [0.1, 0.15) is 0 Å². The first-order valence-electron chi connectivity index (χ1n) is 5.08. The summed E-state index contributed by atoms with van der Waals surface area (Å²) in [6.45, 7) is 10.5. The van der Waals surface area contributed by atoms with Gasteiger partial charge in [0.25, 0.3) is 0 Å². The normalized spacial score (nSPS) is 12.0. The van der Waals surface area contributed by atoms with E-state index in [9.17, 15) is 0 Å². The Morgan fingerprint density at radius 2 is 1.58 bits per heavy atom. The zero-order valence-corrected chi connectivity index (χ0v) is 10.4. The summed E-state index contributed by atoms with van der Waals surface area (Å²) in [5.74, 6) is 0. The molecule has 0 aromatic rings. The third-order valence-electron chi connectivity index (χ3n) is 2.60. The molecule has 0 saturated heterocycles. The summed E-state index contributed by atoms with van der Waals surface area (Å²) < 4.78 is 5.07. The standard InChI is InChI=1S/C10H24OSi/c1-9(2)12(10(3)4)8-6-7-11-5/h9-10,12H,6-8H2,1-5H3. The van der Waals surface area contributed by atoms with Crippen LogP contribution in [-0.4, -0.2) is 22.5 Å². The summed E-state index contributed by atoms with van der Waals surface area (Å²) >= 11 is 0. The summed E-state index contributed by atoms with van der Waals surface area (Å²) in [6, 6.07) is 1.45. The monoisotopic (exact) mass is 188 g/mol. The maximum Gasteiger partial charge on any atom is 0.0459 e. The van der Waals surface area contributed by atoms with E-state index in [0.717, 1.165) is 17.7 Å². The smallest absolute Gasteiger partial charge is 0.0459 e. The molecule has 0 atom stereocenters. The van der Waals surface area contributed by atoms with Gasteiger partial charge in [0.05, 0.1) is 0 Å². The summed E-state index contributed by atoms with van der Waals surface area (Å²) in [4.78, 5) is 0.